The van der Waals surface area contributed by atoms with Crippen LogP contribution in [0.25, 0.3) is 0 Å². The molecule has 1 saturated heterocycles. The summed E-state index contributed by atoms with van der Waals surface area (Å²) in [6.07, 6.45) is -0.503. The highest BCUT2D eigenvalue weighted by Gasteiger charge is 2.36. The number of nitrogens with zero attached hydrogens (tertiary/aromatic N) is 1. The quantitative estimate of drug-likeness (QED) is 0.730. The Hall–Kier alpha value is -0.580. The van der Waals surface area contributed by atoms with Crippen molar-refractivity contribution in [3.8, 4) is 0 Å². The molecule has 88 valence electrons. The lowest BCUT2D eigenvalue weighted by atomic mass is 9.77. The van der Waals surface area contributed by atoms with Crippen molar-refractivity contribution >= 4 is 6.21 Å². The van der Waals surface area contributed by atoms with Gasteiger partial charge >= 0.3 is 6.18 Å². The zero-order valence-corrected chi connectivity index (χ0v) is 8.90. The fourth-order valence-electron chi connectivity index (χ4n) is 2.01. The molecule has 15 heavy (non-hydrogen) atoms. The number of likely N-dealkylation sites (tertiary alicyclic amines) is 1. The van der Waals surface area contributed by atoms with E-state index in [0.717, 1.165) is 6.42 Å². The normalized spacial score (nSPS) is 22.7. The third kappa shape index (κ3) is 3.48. The molecule has 0 aromatic rings. The van der Waals surface area contributed by atoms with Crippen molar-refractivity contribution in [3.63, 3.8) is 0 Å². The highest BCUT2D eigenvalue weighted by Crippen LogP contribution is 2.33. The number of piperidine rings is 1. The van der Waals surface area contributed by atoms with E-state index in [2.05, 4.69) is 0 Å². The predicted octanol–water partition coefficient (Wildman–Crippen LogP) is 2.69. The maximum atomic E-state index is 12.1. The smallest absolute Gasteiger partial charge is 0.313 e. The van der Waals surface area contributed by atoms with Crippen molar-refractivity contribution in [1.29, 1.82) is 5.41 Å². The van der Waals surface area contributed by atoms with Crippen molar-refractivity contribution in [1.82, 2.24) is 4.90 Å². The van der Waals surface area contributed by atoms with E-state index in [1.807, 2.05) is 6.92 Å². The van der Waals surface area contributed by atoms with Gasteiger partial charge < -0.3 is 5.41 Å². The molecule has 2 nitrogen and oxygen atoms in total. The van der Waals surface area contributed by atoms with Gasteiger partial charge in [-0.05, 0) is 32.4 Å². The number of rotatable bonds is 3. The lowest BCUT2D eigenvalue weighted by Crippen LogP contribution is -2.44. The maximum absolute atomic E-state index is 12.1. The third-order valence-electron chi connectivity index (χ3n) is 3.27. The molecule has 0 saturated carbocycles. The van der Waals surface area contributed by atoms with Crippen molar-refractivity contribution in [2.75, 3.05) is 19.6 Å². The van der Waals surface area contributed by atoms with E-state index in [4.69, 9.17) is 5.41 Å². The van der Waals surface area contributed by atoms with Gasteiger partial charge in [-0.3, -0.25) is 4.90 Å². The second-order valence-corrected chi connectivity index (χ2v) is 4.25. The summed E-state index contributed by atoms with van der Waals surface area (Å²) in [4.78, 5) is 1.43. The Labute approximate surface area is 88.0 Å². The second kappa shape index (κ2) is 4.51. The topological polar surface area (TPSA) is 27.1 Å². The lowest BCUT2D eigenvalue weighted by molar-refractivity contribution is -0.149. The summed E-state index contributed by atoms with van der Waals surface area (Å²) in [6, 6.07) is 0. The lowest BCUT2D eigenvalue weighted by Gasteiger charge is -2.38. The van der Waals surface area contributed by atoms with Crippen molar-refractivity contribution in [3.05, 3.63) is 0 Å². The third-order valence-corrected chi connectivity index (χ3v) is 3.27. The molecule has 0 aliphatic carbocycles. The number of alkyl halides is 3. The summed E-state index contributed by atoms with van der Waals surface area (Å²) in [7, 11) is 0. The van der Waals surface area contributed by atoms with Crippen LogP contribution in [0, 0.1) is 10.8 Å². The maximum Gasteiger partial charge on any atom is 0.401 e. The minimum atomic E-state index is -4.10. The molecule has 1 fully saturated rings. The first-order chi connectivity index (χ1) is 6.91. The number of halogens is 3. The molecular weight excluding hydrogens is 205 g/mol. The monoisotopic (exact) mass is 222 g/mol. The molecule has 0 atom stereocenters. The van der Waals surface area contributed by atoms with E-state index >= 15 is 0 Å². The summed E-state index contributed by atoms with van der Waals surface area (Å²) in [6.45, 7) is 2.07. The van der Waals surface area contributed by atoms with Crippen molar-refractivity contribution in [2.45, 2.75) is 32.4 Å². The van der Waals surface area contributed by atoms with Gasteiger partial charge in [0, 0.05) is 11.6 Å². The molecule has 0 aromatic heterocycles. The molecular formula is C10H17F3N2. The number of hydrogen-bond donors (Lipinski definition) is 1. The summed E-state index contributed by atoms with van der Waals surface area (Å²) in [5, 5.41) is 7.33. The van der Waals surface area contributed by atoms with E-state index in [1.54, 1.807) is 0 Å². The van der Waals surface area contributed by atoms with Crippen molar-refractivity contribution < 1.29 is 13.2 Å². The highest BCUT2D eigenvalue weighted by atomic mass is 19.4. The van der Waals surface area contributed by atoms with Crippen LogP contribution < -0.4 is 0 Å². The van der Waals surface area contributed by atoms with Gasteiger partial charge in [0.15, 0.2) is 0 Å². The van der Waals surface area contributed by atoms with Gasteiger partial charge in [0.05, 0.1) is 6.54 Å². The average Bonchev–Trinajstić information content (AvgIpc) is 2.17. The fraction of sp³-hybridized carbons (Fsp3) is 0.900. The van der Waals surface area contributed by atoms with Crippen LogP contribution in [0.2, 0.25) is 0 Å². The SMILES string of the molecule is CCC1(C=N)CCN(CC(F)(F)F)CC1. The van der Waals surface area contributed by atoms with Crippen LogP contribution in [0.3, 0.4) is 0 Å². The molecule has 0 amide bonds. The van der Waals surface area contributed by atoms with Crippen LogP contribution in [-0.2, 0) is 0 Å². The molecule has 0 unspecified atom stereocenters. The van der Waals surface area contributed by atoms with Crippen LogP contribution in [0.15, 0.2) is 0 Å². The minimum absolute atomic E-state index is 0.151. The van der Waals surface area contributed by atoms with Crippen LogP contribution >= 0.6 is 0 Å². The van der Waals surface area contributed by atoms with Gasteiger partial charge in [-0.1, -0.05) is 6.92 Å². The average molecular weight is 222 g/mol. The molecule has 0 bridgehead atoms. The molecule has 1 rings (SSSR count). The first kappa shape index (κ1) is 12.5. The minimum Gasteiger partial charge on any atom is -0.313 e. The van der Waals surface area contributed by atoms with Gasteiger partial charge in [-0.2, -0.15) is 13.2 Å². The Morgan fingerprint density at radius 3 is 2.20 bits per heavy atom. The van der Waals surface area contributed by atoms with E-state index in [0.29, 0.717) is 25.9 Å². The fourth-order valence-corrected chi connectivity index (χ4v) is 2.01. The molecule has 0 radical (unpaired) electrons. The van der Waals surface area contributed by atoms with Gasteiger partial charge in [0.25, 0.3) is 0 Å². The molecule has 0 aromatic carbocycles. The zero-order valence-electron chi connectivity index (χ0n) is 8.90. The summed E-state index contributed by atoms with van der Waals surface area (Å²) in [5.74, 6) is 0. The molecule has 1 aliphatic heterocycles. The number of nitrogens with one attached hydrogen (secondary N) is 1. The number of hydrogen-bond acceptors (Lipinski definition) is 2. The van der Waals surface area contributed by atoms with Crippen LogP contribution in [-0.4, -0.2) is 36.9 Å². The summed E-state index contributed by atoms with van der Waals surface area (Å²) < 4.78 is 36.3. The summed E-state index contributed by atoms with van der Waals surface area (Å²) in [5.41, 5.74) is -0.151. The molecule has 1 heterocycles. The standard InChI is InChI=1S/C10H17F3N2/c1-2-9(7-14)3-5-15(6-4-9)8-10(11,12)13/h7,14H,2-6,8H2,1H3. The van der Waals surface area contributed by atoms with Gasteiger partial charge in [0.1, 0.15) is 0 Å². The first-order valence-electron chi connectivity index (χ1n) is 5.21. The van der Waals surface area contributed by atoms with Gasteiger partial charge in [-0.25, -0.2) is 0 Å². The Balaban J connectivity index is 2.45. The Morgan fingerprint density at radius 2 is 1.87 bits per heavy atom. The predicted molar refractivity (Wildman–Crippen MR) is 53.2 cm³/mol. The highest BCUT2D eigenvalue weighted by molar-refractivity contribution is 5.62. The van der Waals surface area contributed by atoms with Crippen LogP contribution in [0.4, 0.5) is 13.2 Å². The van der Waals surface area contributed by atoms with Crippen LogP contribution in [0.5, 0.6) is 0 Å². The summed E-state index contributed by atoms with van der Waals surface area (Å²) >= 11 is 0. The molecule has 1 aliphatic rings. The second-order valence-electron chi connectivity index (χ2n) is 4.25. The first-order valence-corrected chi connectivity index (χ1v) is 5.21. The largest absolute Gasteiger partial charge is 0.401 e. The van der Waals surface area contributed by atoms with E-state index in [1.165, 1.54) is 11.1 Å². The van der Waals surface area contributed by atoms with Gasteiger partial charge in [0.2, 0.25) is 0 Å². The van der Waals surface area contributed by atoms with Gasteiger partial charge in [-0.15, -0.1) is 0 Å². The Morgan fingerprint density at radius 1 is 1.33 bits per heavy atom. The molecule has 5 heteroatoms. The van der Waals surface area contributed by atoms with Crippen LogP contribution in [0.1, 0.15) is 26.2 Å². The van der Waals surface area contributed by atoms with Crippen molar-refractivity contribution in [2.24, 2.45) is 5.41 Å². The molecule has 0 spiro atoms. The van der Waals surface area contributed by atoms with E-state index < -0.39 is 12.7 Å². The van der Waals surface area contributed by atoms with E-state index in [9.17, 15) is 13.2 Å². The zero-order chi connectivity index (χ0) is 11.5. The van der Waals surface area contributed by atoms with E-state index in [-0.39, 0.29) is 5.41 Å². The Kier molecular flexibility index (Phi) is 3.76. The molecule has 1 N–H and O–H groups in total. The Bertz CT molecular complexity index is 217.